The quantitative estimate of drug-likeness (QED) is 0.555. The third-order valence-electron chi connectivity index (χ3n) is 3.62. The first kappa shape index (κ1) is 16.8. The Bertz CT molecular complexity index is 434. The Balaban J connectivity index is 1.93. The standard InChI is InChI=1S/C18H22NOSe/c1-5-17(15-10-7-6-8-11-15)20-21-18-13-9-12-16(18)14(2)19(3)4/h5-14,17H,1H2,2-4H3/t14-,17-/m1/s1. The molecule has 0 heterocycles. The Morgan fingerprint density at radius 1 is 1.19 bits per heavy atom. The van der Waals surface area contributed by atoms with E-state index in [1.165, 1.54) is 10.7 Å². The third kappa shape index (κ3) is 4.43. The SMILES string of the molecule is C=C[C@@H](O[Se][C]1[CH][CH][CH][C]1[C@@H](C)N(C)C)c1ccccc1. The van der Waals surface area contributed by atoms with Crippen LogP contribution in [-0.2, 0) is 3.82 Å². The summed E-state index contributed by atoms with van der Waals surface area (Å²) in [5.74, 6) is 1.36. The van der Waals surface area contributed by atoms with Crippen LogP contribution < -0.4 is 0 Å². The van der Waals surface area contributed by atoms with Gasteiger partial charge >= 0.3 is 136 Å². The number of rotatable bonds is 7. The van der Waals surface area contributed by atoms with Crippen LogP contribution in [0, 0.1) is 30.0 Å². The van der Waals surface area contributed by atoms with Gasteiger partial charge in [0, 0.05) is 0 Å². The van der Waals surface area contributed by atoms with Gasteiger partial charge in [-0.25, -0.2) is 0 Å². The topological polar surface area (TPSA) is 12.5 Å². The Morgan fingerprint density at radius 3 is 2.52 bits per heavy atom. The van der Waals surface area contributed by atoms with E-state index < -0.39 is 0 Å². The Morgan fingerprint density at radius 2 is 1.90 bits per heavy atom. The van der Waals surface area contributed by atoms with Crippen LogP contribution >= 0.6 is 0 Å². The zero-order valence-corrected chi connectivity index (χ0v) is 14.5. The molecule has 1 aliphatic carbocycles. The van der Waals surface area contributed by atoms with Gasteiger partial charge in [0.05, 0.1) is 0 Å². The Labute approximate surface area is 136 Å². The van der Waals surface area contributed by atoms with Crippen LogP contribution in [-0.4, -0.2) is 40.3 Å². The van der Waals surface area contributed by atoms with Crippen molar-refractivity contribution in [1.29, 1.82) is 0 Å². The monoisotopic (exact) mass is 348 g/mol. The van der Waals surface area contributed by atoms with Crippen LogP contribution in [0.15, 0.2) is 43.0 Å². The molecule has 1 aromatic rings. The molecular weight excluding hydrogens is 325 g/mol. The summed E-state index contributed by atoms with van der Waals surface area (Å²) in [4.78, 5) is 3.53. The van der Waals surface area contributed by atoms with Crippen molar-refractivity contribution in [2.24, 2.45) is 0 Å². The molecule has 0 aliphatic heterocycles. The summed E-state index contributed by atoms with van der Waals surface area (Å²) in [6.07, 6.45) is 8.30. The molecule has 2 nitrogen and oxygen atoms in total. The van der Waals surface area contributed by atoms with Crippen LogP contribution in [0.5, 0.6) is 0 Å². The van der Waals surface area contributed by atoms with E-state index in [0.29, 0.717) is 6.04 Å². The third-order valence-corrected chi connectivity index (χ3v) is 5.41. The molecule has 21 heavy (non-hydrogen) atoms. The molecule has 1 fully saturated rings. The van der Waals surface area contributed by atoms with Gasteiger partial charge in [0.1, 0.15) is 0 Å². The maximum atomic E-state index is 6.12. The van der Waals surface area contributed by atoms with Crippen LogP contribution in [0.2, 0.25) is 0 Å². The molecular formula is C18H22NOSe. The summed E-state index contributed by atoms with van der Waals surface area (Å²) in [6, 6.07) is 10.6. The van der Waals surface area contributed by atoms with Crippen LogP contribution in [0.25, 0.3) is 0 Å². The molecule has 0 aromatic heterocycles. The van der Waals surface area contributed by atoms with E-state index in [1.807, 2.05) is 24.3 Å². The van der Waals surface area contributed by atoms with Gasteiger partial charge < -0.3 is 0 Å². The Kier molecular flexibility index (Phi) is 6.50. The summed E-state index contributed by atoms with van der Waals surface area (Å²) >= 11 is -0.0161. The fourth-order valence-electron chi connectivity index (χ4n) is 2.09. The minimum absolute atomic E-state index is 0.0161. The molecule has 1 saturated carbocycles. The first-order valence-electron chi connectivity index (χ1n) is 7.06. The van der Waals surface area contributed by atoms with Crippen LogP contribution in [0.4, 0.5) is 0 Å². The zero-order valence-electron chi connectivity index (χ0n) is 12.8. The second kappa shape index (κ2) is 8.14. The molecule has 0 spiro atoms. The van der Waals surface area contributed by atoms with Crippen molar-refractivity contribution in [2.45, 2.75) is 19.1 Å². The molecule has 5 radical (unpaired) electrons. The predicted octanol–water partition coefficient (Wildman–Crippen LogP) is 3.23. The van der Waals surface area contributed by atoms with Gasteiger partial charge in [-0.2, -0.15) is 0 Å². The van der Waals surface area contributed by atoms with Gasteiger partial charge in [0.2, 0.25) is 0 Å². The summed E-state index contributed by atoms with van der Waals surface area (Å²) in [6.45, 7) is 6.12. The first-order valence-corrected chi connectivity index (χ1v) is 8.62. The molecule has 0 unspecified atom stereocenters. The average molecular weight is 347 g/mol. The van der Waals surface area contributed by atoms with Crippen LogP contribution in [0.3, 0.4) is 0 Å². The van der Waals surface area contributed by atoms with Crippen molar-refractivity contribution in [2.75, 3.05) is 14.1 Å². The van der Waals surface area contributed by atoms with Crippen molar-refractivity contribution >= 4 is 15.3 Å². The van der Waals surface area contributed by atoms with Gasteiger partial charge in [0.25, 0.3) is 0 Å². The number of nitrogens with zero attached hydrogens (tertiary/aromatic N) is 1. The molecule has 0 N–H and O–H groups in total. The molecule has 111 valence electrons. The number of hydrogen-bond acceptors (Lipinski definition) is 2. The summed E-state index contributed by atoms with van der Waals surface area (Å²) in [5.41, 5.74) is 1.16. The zero-order chi connectivity index (χ0) is 15.2. The van der Waals surface area contributed by atoms with Crippen molar-refractivity contribution in [3.05, 3.63) is 78.5 Å². The second-order valence-electron chi connectivity index (χ2n) is 5.23. The normalized spacial score (nSPS) is 19.8. The molecule has 0 bridgehead atoms. The Hall–Kier alpha value is -0.601. The van der Waals surface area contributed by atoms with E-state index in [1.54, 1.807) is 0 Å². The van der Waals surface area contributed by atoms with Crippen molar-refractivity contribution in [3.63, 3.8) is 0 Å². The van der Waals surface area contributed by atoms with E-state index in [-0.39, 0.29) is 21.4 Å². The van der Waals surface area contributed by atoms with E-state index in [2.05, 4.69) is 63.9 Å². The van der Waals surface area contributed by atoms with Gasteiger partial charge in [-0.05, 0) is 0 Å². The molecule has 1 aromatic carbocycles. The van der Waals surface area contributed by atoms with Gasteiger partial charge in [0.15, 0.2) is 0 Å². The van der Waals surface area contributed by atoms with Gasteiger partial charge in [-0.3, -0.25) is 0 Å². The molecule has 3 heteroatoms. The number of benzene rings is 1. The first-order chi connectivity index (χ1) is 10.1. The predicted molar refractivity (Wildman–Crippen MR) is 88.8 cm³/mol. The van der Waals surface area contributed by atoms with Gasteiger partial charge in [-0.1, -0.05) is 0 Å². The molecule has 2 atom stereocenters. The fraction of sp³-hybridized carbons (Fsp3) is 0.278. The van der Waals surface area contributed by atoms with E-state index >= 15 is 0 Å². The minimum atomic E-state index is -0.0383. The van der Waals surface area contributed by atoms with Crippen molar-refractivity contribution < 1.29 is 3.82 Å². The maximum absolute atomic E-state index is 6.12. The van der Waals surface area contributed by atoms with Gasteiger partial charge in [-0.15, -0.1) is 0 Å². The van der Waals surface area contributed by atoms with E-state index in [0.717, 1.165) is 5.56 Å². The van der Waals surface area contributed by atoms with Crippen LogP contribution in [0.1, 0.15) is 18.6 Å². The summed E-state index contributed by atoms with van der Waals surface area (Å²) in [5, 5.41) is 0. The molecule has 0 amide bonds. The molecule has 2 rings (SSSR count). The van der Waals surface area contributed by atoms with E-state index in [9.17, 15) is 0 Å². The van der Waals surface area contributed by atoms with E-state index in [4.69, 9.17) is 3.82 Å². The molecule has 0 saturated heterocycles. The summed E-state index contributed by atoms with van der Waals surface area (Å²) in [7, 11) is 4.21. The van der Waals surface area contributed by atoms with Crippen molar-refractivity contribution in [1.82, 2.24) is 4.90 Å². The number of hydrogen-bond donors (Lipinski definition) is 0. The fourth-order valence-corrected chi connectivity index (χ4v) is 3.91. The average Bonchev–Trinajstić information content (AvgIpc) is 2.96. The summed E-state index contributed by atoms with van der Waals surface area (Å²) < 4.78 is 6.12. The van der Waals surface area contributed by atoms with Crippen molar-refractivity contribution in [3.8, 4) is 0 Å². The molecule has 1 aliphatic rings. The second-order valence-corrected chi connectivity index (χ2v) is 6.91.